The minimum Gasteiger partial charge on any atom is -0.485 e. The standard InChI is InChI=1S/C23H31NO4/c1-6-18(7-2)27-20-15-17(21(25)16-11-9-8-10-12-16)13-14-19(20)24-22(26)28-23(3,4)5/h8-12,18-19H,6-7,13-14H2,1-5H3,(H,24,26)/t19-/m1/s1. The summed E-state index contributed by atoms with van der Waals surface area (Å²) in [6.45, 7) is 9.56. The number of hydrogen-bond donors (Lipinski definition) is 1. The van der Waals surface area contributed by atoms with Gasteiger partial charge in [0.25, 0.3) is 0 Å². The van der Waals surface area contributed by atoms with E-state index >= 15 is 0 Å². The van der Waals surface area contributed by atoms with Gasteiger partial charge < -0.3 is 14.8 Å². The summed E-state index contributed by atoms with van der Waals surface area (Å²) in [7, 11) is 0. The van der Waals surface area contributed by atoms with Crippen LogP contribution in [0, 0.1) is 0 Å². The number of alkyl carbamates (subject to hydrolysis) is 1. The number of carbonyl (C=O) groups is 2. The lowest BCUT2D eigenvalue weighted by molar-refractivity contribution is 0.0449. The molecule has 0 aromatic heterocycles. The highest BCUT2D eigenvalue weighted by atomic mass is 16.6. The molecule has 1 aliphatic rings. The van der Waals surface area contributed by atoms with Gasteiger partial charge in [-0.15, -0.1) is 0 Å². The summed E-state index contributed by atoms with van der Waals surface area (Å²) in [4.78, 5) is 25.0. The molecule has 28 heavy (non-hydrogen) atoms. The molecular formula is C23H31NO4. The first-order chi connectivity index (χ1) is 13.2. The van der Waals surface area contributed by atoms with Gasteiger partial charge in [0.1, 0.15) is 5.60 Å². The predicted molar refractivity (Wildman–Crippen MR) is 109 cm³/mol. The highest BCUT2D eigenvalue weighted by Crippen LogP contribution is 2.25. The van der Waals surface area contributed by atoms with Crippen molar-refractivity contribution in [3.05, 3.63) is 53.0 Å². The zero-order valence-corrected chi connectivity index (χ0v) is 17.5. The van der Waals surface area contributed by atoms with E-state index in [1.165, 1.54) is 0 Å². The van der Waals surface area contributed by atoms with Gasteiger partial charge in [-0.2, -0.15) is 0 Å². The molecule has 0 fully saturated rings. The van der Waals surface area contributed by atoms with Gasteiger partial charge in [-0.25, -0.2) is 4.79 Å². The average molecular weight is 386 g/mol. The second-order valence-electron chi connectivity index (χ2n) is 7.96. The van der Waals surface area contributed by atoms with E-state index in [2.05, 4.69) is 11.0 Å². The van der Waals surface area contributed by atoms with Crippen LogP contribution in [0.4, 0.5) is 4.79 Å². The van der Waals surface area contributed by atoms with Crippen molar-refractivity contribution in [2.75, 3.05) is 0 Å². The quantitative estimate of drug-likeness (QED) is 0.519. The lowest BCUT2D eigenvalue weighted by atomic mass is 9.93. The predicted octanol–water partition coefficient (Wildman–Crippen LogP) is 5.17. The Morgan fingerprint density at radius 2 is 1.82 bits per heavy atom. The number of carbonyl (C=O) groups excluding carboxylic acids is 2. The fraction of sp³-hybridized carbons (Fsp3) is 0.522. The maximum atomic E-state index is 12.8. The van der Waals surface area contributed by atoms with Gasteiger partial charge in [-0.1, -0.05) is 49.9 Å². The number of amides is 1. The van der Waals surface area contributed by atoms with Gasteiger partial charge in [-0.05, 0) is 46.5 Å². The Kier molecular flexibility index (Phi) is 7.47. The molecular weight excluding hydrogens is 354 g/mol. The van der Waals surface area contributed by atoms with Crippen LogP contribution in [0.2, 0.25) is 0 Å². The van der Waals surface area contributed by atoms with E-state index in [4.69, 9.17) is 9.47 Å². The number of nitrogens with one attached hydrogen (secondary N) is 1. The summed E-state index contributed by atoms with van der Waals surface area (Å²) in [5.74, 6) is 0.451. The normalized spacial score (nSPS) is 16.9. The number of ether oxygens (including phenoxy) is 2. The SMILES string of the molecule is CCC(CC)OC1=C=C(C(=O)c2ccccc2)CC[C@H]1NC(=O)OC(C)(C)C. The van der Waals surface area contributed by atoms with Crippen LogP contribution < -0.4 is 5.32 Å². The third-order valence-electron chi connectivity index (χ3n) is 4.48. The fourth-order valence-corrected chi connectivity index (χ4v) is 2.99. The molecule has 1 aromatic carbocycles. The van der Waals surface area contributed by atoms with Crippen LogP contribution in [-0.2, 0) is 9.47 Å². The van der Waals surface area contributed by atoms with Crippen molar-refractivity contribution in [3.63, 3.8) is 0 Å². The first kappa shape index (κ1) is 21.8. The molecule has 2 rings (SSSR count). The van der Waals surface area contributed by atoms with Gasteiger partial charge in [0.15, 0.2) is 11.5 Å². The molecule has 0 spiro atoms. The number of ketones is 1. The van der Waals surface area contributed by atoms with E-state index in [1.54, 1.807) is 12.1 Å². The monoisotopic (exact) mass is 385 g/mol. The van der Waals surface area contributed by atoms with E-state index in [0.29, 0.717) is 29.7 Å². The molecule has 0 saturated carbocycles. The molecule has 152 valence electrons. The summed E-state index contributed by atoms with van der Waals surface area (Å²) >= 11 is 0. The average Bonchev–Trinajstić information content (AvgIpc) is 2.65. The fourth-order valence-electron chi connectivity index (χ4n) is 2.99. The van der Waals surface area contributed by atoms with Crippen molar-refractivity contribution >= 4 is 11.9 Å². The molecule has 1 N–H and O–H groups in total. The third-order valence-corrected chi connectivity index (χ3v) is 4.48. The Morgan fingerprint density at radius 1 is 1.18 bits per heavy atom. The summed E-state index contributed by atoms with van der Waals surface area (Å²) in [6, 6.07) is 8.80. The van der Waals surface area contributed by atoms with Crippen molar-refractivity contribution in [1.29, 1.82) is 0 Å². The molecule has 1 amide bonds. The van der Waals surface area contributed by atoms with Crippen molar-refractivity contribution in [1.82, 2.24) is 5.32 Å². The summed E-state index contributed by atoms with van der Waals surface area (Å²) in [5.41, 5.74) is 3.79. The molecule has 0 aliphatic heterocycles. The molecule has 1 aromatic rings. The smallest absolute Gasteiger partial charge is 0.408 e. The van der Waals surface area contributed by atoms with Gasteiger partial charge >= 0.3 is 6.09 Å². The number of rotatable bonds is 7. The second kappa shape index (κ2) is 9.61. The first-order valence-electron chi connectivity index (χ1n) is 9.99. The van der Waals surface area contributed by atoms with Gasteiger partial charge in [0.05, 0.1) is 12.1 Å². The molecule has 5 heteroatoms. The largest absolute Gasteiger partial charge is 0.485 e. The summed E-state index contributed by atoms with van der Waals surface area (Å²) in [6.07, 6.45) is 2.27. The molecule has 0 bridgehead atoms. The maximum absolute atomic E-state index is 12.8. The molecule has 1 atom stereocenters. The van der Waals surface area contributed by atoms with E-state index in [9.17, 15) is 9.59 Å². The zero-order valence-electron chi connectivity index (χ0n) is 17.5. The molecule has 0 heterocycles. The van der Waals surface area contributed by atoms with Crippen LogP contribution in [0.1, 0.15) is 70.7 Å². The van der Waals surface area contributed by atoms with Crippen LogP contribution in [-0.4, -0.2) is 29.6 Å². The van der Waals surface area contributed by atoms with Crippen LogP contribution in [0.3, 0.4) is 0 Å². The topological polar surface area (TPSA) is 64.6 Å². The highest BCUT2D eigenvalue weighted by Gasteiger charge is 2.28. The minimum absolute atomic E-state index is 0.0108. The molecule has 0 radical (unpaired) electrons. The number of benzene rings is 1. The Balaban J connectivity index is 2.30. The first-order valence-corrected chi connectivity index (χ1v) is 9.99. The van der Waals surface area contributed by atoms with Crippen molar-refractivity contribution < 1.29 is 19.1 Å². The van der Waals surface area contributed by atoms with Crippen LogP contribution in [0.5, 0.6) is 0 Å². The van der Waals surface area contributed by atoms with E-state index in [0.717, 1.165) is 12.8 Å². The molecule has 5 nitrogen and oxygen atoms in total. The lowest BCUT2D eigenvalue weighted by Crippen LogP contribution is -2.42. The van der Waals surface area contributed by atoms with Gasteiger partial charge in [0.2, 0.25) is 0 Å². The lowest BCUT2D eigenvalue weighted by Gasteiger charge is -2.28. The Bertz CT molecular complexity index is 751. The van der Waals surface area contributed by atoms with Gasteiger partial charge in [0, 0.05) is 11.1 Å². The van der Waals surface area contributed by atoms with Gasteiger partial charge in [-0.3, -0.25) is 4.79 Å². The van der Waals surface area contributed by atoms with Crippen molar-refractivity contribution in [2.24, 2.45) is 0 Å². The van der Waals surface area contributed by atoms with Crippen LogP contribution in [0.15, 0.2) is 47.4 Å². The van der Waals surface area contributed by atoms with Crippen molar-refractivity contribution in [3.8, 4) is 0 Å². The van der Waals surface area contributed by atoms with Crippen molar-refractivity contribution in [2.45, 2.75) is 78.0 Å². The second-order valence-corrected chi connectivity index (χ2v) is 7.96. The third kappa shape index (κ3) is 6.28. The van der Waals surface area contributed by atoms with E-state index in [1.807, 2.05) is 52.8 Å². The number of hydrogen-bond acceptors (Lipinski definition) is 4. The highest BCUT2D eigenvalue weighted by molar-refractivity contribution is 6.08. The molecule has 0 saturated heterocycles. The molecule has 1 aliphatic carbocycles. The zero-order chi connectivity index (χ0) is 20.7. The maximum Gasteiger partial charge on any atom is 0.408 e. The Hall–Kier alpha value is -2.52. The van der Waals surface area contributed by atoms with E-state index < -0.39 is 11.7 Å². The Morgan fingerprint density at radius 3 is 2.39 bits per heavy atom. The Labute approximate surface area is 167 Å². The minimum atomic E-state index is -0.580. The van der Waals surface area contributed by atoms with E-state index in [-0.39, 0.29) is 17.9 Å². The van der Waals surface area contributed by atoms with Crippen LogP contribution in [0.25, 0.3) is 0 Å². The van der Waals surface area contributed by atoms with Crippen LogP contribution >= 0.6 is 0 Å². The summed E-state index contributed by atoms with van der Waals surface area (Å²) < 4.78 is 11.5. The number of Topliss-reactive ketones (excluding diaryl/α,β-unsaturated/α-hetero) is 1. The molecule has 0 unspecified atom stereocenters. The summed E-state index contributed by atoms with van der Waals surface area (Å²) in [5, 5.41) is 2.87.